The van der Waals surface area contributed by atoms with Crippen LogP contribution in [-0.4, -0.2) is 14.3 Å². The number of benzene rings is 3. The fraction of sp³-hybridized carbons (Fsp3) is 0.0870. The number of carbonyl (C=O) groups is 1. The summed E-state index contributed by atoms with van der Waals surface area (Å²) in [7, 11) is -3.72. The van der Waals surface area contributed by atoms with Crippen LogP contribution in [0.4, 0.5) is 11.4 Å². The Hall–Kier alpha value is -3.38. The monoisotopic (exact) mass is 406 g/mol. The van der Waals surface area contributed by atoms with Crippen LogP contribution in [-0.2, 0) is 14.8 Å². The first kappa shape index (κ1) is 20.4. The number of sulfonamides is 1. The molecule has 0 bridgehead atoms. The number of carbonyl (C=O) groups excluding carboxylic acids is 1. The van der Waals surface area contributed by atoms with Crippen LogP contribution in [0.15, 0.2) is 83.8 Å². The predicted octanol–water partition coefficient (Wildman–Crippen LogP) is 4.76. The second kappa shape index (κ2) is 8.75. The second-order valence-corrected chi connectivity index (χ2v) is 8.36. The molecule has 0 heterocycles. The topological polar surface area (TPSA) is 75.3 Å². The van der Waals surface area contributed by atoms with Crippen molar-refractivity contribution < 1.29 is 13.2 Å². The van der Waals surface area contributed by atoms with Crippen LogP contribution >= 0.6 is 0 Å². The average Bonchev–Trinajstić information content (AvgIpc) is 2.70. The summed E-state index contributed by atoms with van der Waals surface area (Å²) in [4.78, 5) is 12.2. The summed E-state index contributed by atoms with van der Waals surface area (Å²) in [6.45, 7) is 3.75. The molecule has 0 unspecified atom stereocenters. The molecule has 0 saturated carbocycles. The van der Waals surface area contributed by atoms with E-state index in [1.807, 2.05) is 56.3 Å². The number of rotatable bonds is 6. The molecule has 0 aliphatic carbocycles. The Balaban J connectivity index is 1.68. The first-order valence-corrected chi connectivity index (χ1v) is 10.6. The molecule has 0 aliphatic heterocycles. The third kappa shape index (κ3) is 5.56. The smallest absolute Gasteiger partial charge is 0.261 e. The van der Waals surface area contributed by atoms with E-state index in [1.54, 1.807) is 24.3 Å². The van der Waals surface area contributed by atoms with Gasteiger partial charge in [0.1, 0.15) is 0 Å². The van der Waals surface area contributed by atoms with E-state index in [4.69, 9.17) is 0 Å². The van der Waals surface area contributed by atoms with Crippen molar-refractivity contribution in [3.63, 3.8) is 0 Å². The van der Waals surface area contributed by atoms with Crippen molar-refractivity contribution in [1.29, 1.82) is 0 Å². The fourth-order valence-electron chi connectivity index (χ4n) is 2.69. The number of aryl methyl sites for hydroxylation is 2. The molecule has 6 heteroatoms. The molecule has 29 heavy (non-hydrogen) atoms. The molecule has 0 atom stereocenters. The third-order valence-corrected chi connectivity index (χ3v) is 5.68. The lowest BCUT2D eigenvalue weighted by molar-refractivity contribution is -0.111. The van der Waals surface area contributed by atoms with Gasteiger partial charge in [0.25, 0.3) is 10.0 Å². The van der Waals surface area contributed by atoms with Crippen molar-refractivity contribution in [2.75, 3.05) is 10.0 Å². The molecule has 0 aromatic heterocycles. The van der Waals surface area contributed by atoms with Gasteiger partial charge in [0, 0.05) is 11.8 Å². The van der Waals surface area contributed by atoms with Gasteiger partial charge in [-0.25, -0.2) is 8.42 Å². The number of hydrogen-bond acceptors (Lipinski definition) is 3. The van der Waals surface area contributed by atoms with Crippen LogP contribution in [0.3, 0.4) is 0 Å². The molecule has 0 aliphatic rings. The highest BCUT2D eigenvalue weighted by molar-refractivity contribution is 7.92. The first-order chi connectivity index (χ1) is 13.8. The molecule has 3 aromatic rings. The molecule has 0 fully saturated rings. The van der Waals surface area contributed by atoms with Crippen LogP contribution in [0.1, 0.15) is 16.7 Å². The number of anilines is 2. The van der Waals surface area contributed by atoms with Gasteiger partial charge >= 0.3 is 0 Å². The zero-order chi connectivity index (χ0) is 20.9. The van der Waals surface area contributed by atoms with Crippen LogP contribution in [0, 0.1) is 13.8 Å². The van der Waals surface area contributed by atoms with Crippen molar-refractivity contribution in [1.82, 2.24) is 0 Å². The lowest BCUT2D eigenvalue weighted by Crippen LogP contribution is -2.14. The Kier molecular flexibility index (Phi) is 6.14. The Labute approximate surface area is 171 Å². The van der Waals surface area contributed by atoms with Crippen molar-refractivity contribution in [3.8, 4) is 0 Å². The summed E-state index contributed by atoms with van der Waals surface area (Å²) < 4.78 is 27.9. The van der Waals surface area contributed by atoms with Gasteiger partial charge in [0.15, 0.2) is 0 Å². The maximum Gasteiger partial charge on any atom is 0.261 e. The minimum atomic E-state index is -3.72. The number of amides is 1. The maximum atomic E-state index is 12.6. The highest BCUT2D eigenvalue weighted by Crippen LogP contribution is 2.22. The van der Waals surface area contributed by atoms with E-state index in [2.05, 4.69) is 10.0 Å². The summed E-state index contributed by atoms with van der Waals surface area (Å²) >= 11 is 0. The third-order valence-electron chi connectivity index (χ3n) is 4.30. The molecule has 148 valence electrons. The molecule has 2 N–H and O–H groups in total. The quantitative estimate of drug-likeness (QED) is 0.580. The van der Waals surface area contributed by atoms with Gasteiger partial charge in [0.2, 0.25) is 5.91 Å². The normalized spacial score (nSPS) is 11.4. The van der Waals surface area contributed by atoms with E-state index < -0.39 is 10.0 Å². The van der Waals surface area contributed by atoms with Crippen LogP contribution < -0.4 is 10.0 Å². The summed E-state index contributed by atoms with van der Waals surface area (Å²) in [5.41, 5.74) is 3.79. The molecule has 3 aromatic carbocycles. The average molecular weight is 407 g/mol. The lowest BCUT2D eigenvalue weighted by atomic mass is 10.1. The van der Waals surface area contributed by atoms with E-state index in [-0.39, 0.29) is 10.8 Å². The van der Waals surface area contributed by atoms with Crippen molar-refractivity contribution in [3.05, 3.63) is 95.6 Å². The maximum absolute atomic E-state index is 12.6. The molecular weight excluding hydrogens is 384 g/mol. The van der Waals surface area contributed by atoms with Gasteiger partial charge in [-0.05, 0) is 66.9 Å². The number of hydrogen-bond donors (Lipinski definition) is 2. The highest BCUT2D eigenvalue weighted by atomic mass is 32.2. The Morgan fingerprint density at radius 1 is 0.897 bits per heavy atom. The fourth-order valence-corrected chi connectivity index (χ4v) is 3.81. The molecule has 5 nitrogen and oxygen atoms in total. The Morgan fingerprint density at radius 2 is 1.59 bits per heavy atom. The first-order valence-electron chi connectivity index (χ1n) is 9.08. The number of nitrogens with one attached hydrogen (secondary N) is 2. The van der Waals surface area contributed by atoms with Crippen LogP contribution in [0.2, 0.25) is 0 Å². The minimum Gasteiger partial charge on any atom is -0.323 e. The lowest BCUT2D eigenvalue weighted by Gasteiger charge is -2.12. The van der Waals surface area contributed by atoms with Gasteiger partial charge in [-0.15, -0.1) is 0 Å². The van der Waals surface area contributed by atoms with Crippen LogP contribution in [0.5, 0.6) is 0 Å². The highest BCUT2D eigenvalue weighted by Gasteiger charge is 2.15. The molecule has 1 amide bonds. The van der Waals surface area contributed by atoms with Crippen LogP contribution in [0.25, 0.3) is 6.08 Å². The SMILES string of the molecule is Cc1ccc(C)c(NS(=O)(=O)c2ccc(NC(=O)/C=C/c3ccccc3)cc2)c1. The van der Waals surface area contributed by atoms with Crippen molar-refractivity contribution in [2.45, 2.75) is 18.7 Å². The predicted molar refractivity (Wildman–Crippen MR) is 117 cm³/mol. The van der Waals surface area contributed by atoms with E-state index in [0.29, 0.717) is 11.4 Å². The summed E-state index contributed by atoms with van der Waals surface area (Å²) in [5, 5.41) is 2.72. The van der Waals surface area contributed by atoms with Gasteiger partial charge < -0.3 is 5.32 Å². The minimum absolute atomic E-state index is 0.122. The zero-order valence-electron chi connectivity index (χ0n) is 16.2. The largest absolute Gasteiger partial charge is 0.323 e. The standard InChI is InChI=1S/C23H22N2O3S/c1-17-8-9-18(2)22(16-17)25-29(27,28)21-13-11-20(12-14-21)24-23(26)15-10-19-6-4-3-5-7-19/h3-16,25H,1-2H3,(H,24,26)/b15-10+. The Bertz CT molecular complexity index is 1140. The zero-order valence-corrected chi connectivity index (χ0v) is 17.0. The second-order valence-electron chi connectivity index (χ2n) is 6.68. The molecule has 0 radical (unpaired) electrons. The summed E-state index contributed by atoms with van der Waals surface area (Å²) in [5.74, 6) is -0.294. The van der Waals surface area contributed by atoms with Gasteiger partial charge in [-0.1, -0.05) is 42.5 Å². The Morgan fingerprint density at radius 3 is 2.28 bits per heavy atom. The molecule has 0 spiro atoms. The van der Waals surface area contributed by atoms with E-state index >= 15 is 0 Å². The van der Waals surface area contributed by atoms with Crippen molar-refractivity contribution >= 4 is 33.4 Å². The van der Waals surface area contributed by atoms with Gasteiger partial charge in [-0.3, -0.25) is 9.52 Å². The molecule has 3 rings (SSSR count). The van der Waals surface area contributed by atoms with E-state index in [9.17, 15) is 13.2 Å². The summed E-state index contributed by atoms with van der Waals surface area (Å²) in [6, 6.07) is 21.1. The van der Waals surface area contributed by atoms with E-state index in [0.717, 1.165) is 16.7 Å². The van der Waals surface area contributed by atoms with Crippen molar-refractivity contribution in [2.24, 2.45) is 0 Å². The summed E-state index contributed by atoms with van der Waals surface area (Å²) in [6.07, 6.45) is 3.14. The van der Waals surface area contributed by atoms with Gasteiger partial charge in [0.05, 0.1) is 10.6 Å². The van der Waals surface area contributed by atoms with E-state index in [1.165, 1.54) is 18.2 Å². The van der Waals surface area contributed by atoms with Gasteiger partial charge in [-0.2, -0.15) is 0 Å². The molecular formula is C23H22N2O3S. The molecule has 0 saturated heterocycles.